The van der Waals surface area contributed by atoms with Crippen LogP contribution in [0.3, 0.4) is 0 Å². The monoisotopic (exact) mass is 312 g/mol. The molecule has 1 aromatic carbocycles. The van der Waals surface area contributed by atoms with Crippen molar-refractivity contribution >= 4 is 10.0 Å². The fraction of sp³-hybridized carbons (Fsp3) is 0.625. The van der Waals surface area contributed by atoms with Crippen molar-refractivity contribution in [3.63, 3.8) is 0 Å². The van der Waals surface area contributed by atoms with Crippen LogP contribution in [0.5, 0.6) is 0 Å². The molecule has 21 heavy (non-hydrogen) atoms. The fourth-order valence-corrected chi connectivity index (χ4v) is 3.74. The summed E-state index contributed by atoms with van der Waals surface area (Å²) in [5, 5.41) is 0. The molecule has 0 atom stereocenters. The Hall–Kier alpha value is -0.910. The molecule has 0 saturated heterocycles. The summed E-state index contributed by atoms with van der Waals surface area (Å²) < 4.78 is 26.8. The molecule has 0 amide bonds. The molecule has 0 heterocycles. The van der Waals surface area contributed by atoms with E-state index in [-0.39, 0.29) is 5.75 Å². The highest BCUT2D eigenvalue weighted by Crippen LogP contribution is 2.14. The molecule has 2 N–H and O–H groups in total. The summed E-state index contributed by atoms with van der Waals surface area (Å²) in [5.41, 5.74) is 7.40. The molecular weight excluding hydrogens is 284 g/mol. The minimum atomic E-state index is -3.24. The second-order valence-electron chi connectivity index (χ2n) is 5.38. The van der Waals surface area contributed by atoms with Crippen molar-refractivity contribution < 1.29 is 8.42 Å². The molecule has 0 unspecified atom stereocenters. The lowest BCUT2D eigenvalue weighted by Gasteiger charge is -2.22. The van der Waals surface area contributed by atoms with E-state index in [2.05, 4.69) is 13.8 Å². The van der Waals surface area contributed by atoms with Crippen molar-refractivity contribution in [1.29, 1.82) is 0 Å². The predicted octanol–water partition coefficient (Wildman–Crippen LogP) is 2.88. The molecule has 1 rings (SSSR count). The molecule has 120 valence electrons. The summed E-state index contributed by atoms with van der Waals surface area (Å²) in [7, 11) is -3.24. The van der Waals surface area contributed by atoms with Crippen molar-refractivity contribution in [2.45, 2.75) is 51.8 Å². The van der Waals surface area contributed by atoms with E-state index in [0.29, 0.717) is 19.6 Å². The Morgan fingerprint density at radius 2 is 1.43 bits per heavy atom. The minimum Gasteiger partial charge on any atom is -0.326 e. The van der Waals surface area contributed by atoms with Gasteiger partial charge in [-0.15, -0.1) is 0 Å². The SMILES string of the molecule is CCCCN(CCCC)S(=O)(=O)Cc1ccc(CN)cc1. The number of nitrogens with zero attached hydrogens (tertiary/aromatic N) is 1. The molecule has 4 nitrogen and oxygen atoms in total. The zero-order valence-electron chi connectivity index (χ0n) is 13.2. The Balaban J connectivity index is 2.77. The molecule has 0 aromatic heterocycles. The van der Waals surface area contributed by atoms with Gasteiger partial charge in [-0.2, -0.15) is 0 Å². The Bertz CT molecular complexity index is 490. The molecule has 1 aromatic rings. The van der Waals surface area contributed by atoms with Gasteiger partial charge in [-0.1, -0.05) is 51.0 Å². The number of unbranched alkanes of at least 4 members (excludes halogenated alkanes) is 2. The topological polar surface area (TPSA) is 63.4 Å². The van der Waals surface area contributed by atoms with Crippen molar-refractivity contribution in [3.05, 3.63) is 35.4 Å². The number of sulfonamides is 1. The maximum absolute atomic E-state index is 12.6. The maximum Gasteiger partial charge on any atom is 0.218 e. The Morgan fingerprint density at radius 1 is 0.952 bits per heavy atom. The van der Waals surface area contributed by atoms with Crippen LogP contribution in [0.25, 0.3) is 0 Å². The smallest absolute Gasteiger partial charge is 0.218 e. The number of hydrogen-bond donors (Lipinski definition) is 1. The number of benzene rings is 1. The van der Waals surface area contributed by atoms with Crippen LogP contribution in [0.4, 0.5) is 0 Å². The largest absolute Gasteiger partial charge is 0.326 e. The number of nitrogens with two attached hydrogens (primary N) is 1. The second kappa shape index (κ2) is 9.18. The van der Waals surface area contributed by atoms with E-state index in [1.165, 1.54) is 0 Å². The molecule has 0 saturated carbocycles. The van der Waals surface area contributed by atoms with E-state index >= 15 is 0 Å². The summed E-state index contributed by atoms with van der Waals surface area (Å²) in [6.07, 6.45) is 3.83. The van der Waals surface area contributed by atoms with Gasteiger partial charge in [0.2, 0.25) is 10.0 Å². The van der Waals surface area contributed by atoms with Crippen LogP contribution in [0.1, 0.15) is 50.7 Å². The van der Waals surface area contributed by atoms with E-state index in [4.69, 9.17) is 5.73 Å². The standard InChI is InChI=1S/C16H28N2O2S/c1-3-5-11-18(12-6-4-2)21(19,20)14-16-9-7-15(13-17)8-10-16/h7-10H,3-6,11-14,17H2,1-2H3. The summed E-state index contributed by atoms with van der Waals surface area (Å²) in [5.74, 6) is 0.0747. The van der Waals surface area contributed by atoms with E-state index in [0.717, 1.165) is 36.8 Å². The summed E-state index contributed by atoms with van der Waals surface area (Å²) in [6.45, 7) is 5.89. The molecule has 0 aliphatic carbocycles. The van der Waals surface area contributed by atoms with E-state index < -0.39 is 10.0 Å². The minimum absolute atomic E-state index is 0.0747. The number of hydrogen-bond acceptors (Lipinski definition) is 3. The first-order valence-corrected chi connectivity index (χ1v) is 9.40. The van der Waals surface area contributed by atoms with Gasteiger partial charge >= 0.3 is 0 Å². The second-order valence-corrected chi connectivity index (χ2v) is 7.35. The summed E-state index contributed by atoms with van der Waals surface area (Å²) in [6, 6.07) is 7.51. The van der Waals surface area contributed by atoms with Crippen LogP contribution in [-0.4, -0.2) is 25.8 Å². The van der Waals surface area contributed by atoms with Gasteiger partial charge in [-0.3, -0.25) is 0 Å². The van der Waals surface area contributed by atoms with Crippen molar-refractivity contribution in [2.75, 3.05) is 13.1 Å². The zero-order valence-corrected chi connectivity index (χ0v) is 14.0. The third kappa shape index (κ3) is 6.16. The van der Waals surface area contributed by atoms with Crippen molar-refractivity contribution in [1.82, 2.24) is 4.31 Å². The zero-order chi connectivity index (χ0) is 15.7. The maximum atomic E-state index is 12.6. The highest BCUT2D eigenvalue weighted by molar-refractivity contribution is 7.88. The molecule has 0 aliphatic rings. The van der Waals surface area contributed by atoms with Crippen LogP contribution in [0, 0.1) is 0 Å². The van der Waals surface area contributed by atoms with Crippen LogP contribution >= 0.6 is 0 Å². The first-order chi connectivity index (χ1) is 10.0. The fourth-order valence-electron chi connectivity index (χ4n) is 2.13. The third-order valence-electron chi connectivity index (χ3n) is 3.52. The molecule has 0 radical (unpaired) electrons. The van der Waals surface area contributed by atoms with E-state index in [1.54, 1.807) is 4.31 Å². The predicted molar refractivity (Wildman–Crippen MR) is 88.3 cm³/mol. The number of rotatable bonds is 10. The van der Waals surface area contributed by atoms with E-state index in [9.17, 15) is 8.42 Å². The molecule has 0 aliphatic heterocycles. The Kier molecular flexibility index (Phi) is 7.93. The van der Waals surface area contributed by atoms with Gasteiger partial charge < -0.3 is 5.73 Å². The first kappa shape index (κ1) is 18.1. The average molecular weight is 312 g/mol. The summed E-state index contributed by atoms with van der Waals surface area (Å²) >= 11 is 0. The van der Waals surface area contributed by atoms with Gasteiger partial charge in [-0.25, -0.2) is 12.7 Å². The van der Waals surface area contributed by atoms with Crippen LogP contribution in [-0.2, 0) is 22.3 Å². The lowest BCUT2D eigenvalue weighted by atomic mass is 10.1. The van der Waals surface area contributed by atoms with Gasteiger partial charge in [0.05, 0.1) is 5.75 Å². The summed E-state index contributed by atoms with van der Waals surface area (Å²) in [4.78, 5) is 0. The van der Waals surface area contributed by atoms with Gasteiger partial charge in [0.15, 0.2) is 0 Å². The van der Waals surface area contributed by atoms with Crippen molar-refractivity contribution in [3.8, 4) is 0 Å². The Morgan fingerprint density at radius 3 is 1.86 bits per heavy atom. The van der Waals surface area contributed by atoms with Gasteiger partial charge in [-0.05, 0) is 24.0 Å². The molecular formula is C16H28N2O2S. The van der Waals surface area contributed by atoms with Crippen LogP contribution in [0.15, 0.2) is 24.3 Å². The van der Waals surface area contributed by atoms with Crippen LogP contribution in [0.2, 0.25) is 0 Å². The molecule has 0 fully saturated rings. The molecule has 0 spiro atoms. The van der Waals surface area contributed by atoms with Gasteiger partial charge in [0.25, 0.3) is 0 Å². The average Bonchev–Trinajstić information content (AvgIpc) is 2.47. The van der Waals surface area contributed by atoms with Gasteiger partial charge in [0.1, 0.15) is 0 Å². The molecule has 5 heteroatoms. The van der Waals surface area contributed by atoms with Gasteiger partial charge in [0, 0.05) is 19.6 Å². The Labute approximate surface area is 129 Å². The lowest BCUT2D eigenvalue weighted by molar-refractivity contribution is 0.394. The first-order valence-electron chi connectivity index (χ1n) is 7.79. The van der Waals surface area contributed by atoms with Crippen molar-refractivity contribution in [2.24, 2.45) is 5.73 Å². The van der Waals surface area contributed by atoms with E-state index in [1.807, 2.05) is 24.3 Å². The highest BCUT2D eigenvalue weighted by atomic mass is 32.2. The normalized spacial score (nSPS) is 12.0. The highest BCUT2D eigenvalue weighted by Gasteiger charge is 2.21. The lowest BCUT2D eigenvalue weighted by Crippen LogP contribution is -2.34. The quantitative estimate of drug-likeness (QED) is 0.722. The third-order valence-corrected chi connectivity index (χ3v) is 5.37. The molecule has 0 bridgehead atoms. The van der Waals surface area contributed by atoms with Crippen LogP contribution < -0.4 is 5.73 Å².